The van der Waals surface area contributed by atoms with Gasteiger partial charge in [0.25, 0.3) is 0 Å². The fraction of sp³-hybridized carbons (Fsp3) is 0.721. The van der Waals surface area contributed by atoms with E-state index in [1.165, 1.54) is 0 Å². The number of hydrogen-bond donors (Lipinski definition) is 7. The van der Waals surface area contributed by atoms with Gasteiger partial charge in [0, 0.05) is 5.92 Å². The minimum absolute atomic E-state index is 0.0333. The van der Waals surface area contributed by atoms with Crippen LogP contribution in [0, 0.1) is 59.2 Å². The Morgan fingerprint density at radius 3 is 0.852 bits per heavy atom. The van der Waals surface area contributed by atoms with E-state index in [0.717, 1.165) is 23.1 Å². The van der Waals surface area contributed by atoms with E-state index in [0.29, 0.717) is 32.1 Å². The smallest absolute Gasteiger partial charge is 0.306 e. The van der Waals surface area contributed by atoms with Crippen molar-refractivity contribution in [2.24, 2.45) is 59.2 Å². The first-order chi connectivity index (χ1) is 25.1. The first-order valence-electron chi connectivity index (χ1n) is 19.7. The molecule has 0 saturated heterocycles. The summed E-state index contributed by atoms with van der Waals surface area (Å²) in [7, 11) is 0. The van der Waals surface area contributed by atoms with Crippen LogP contribution in [0.15, 0.2) is 48.8 Å². The Balaban J connectivity index is 7.36. The maximum atomic E-state index is 12.6. The van der Waals surface area contributed by atoms with Crippen molar-refractivity contribution in [3.63, 3.8) is 0 Å². The summed E-state index contributed by atoms with van der Waals surface area (Å²) in [5.41, 5.74) is 2.68. The van der Waals surface area contributed by atoms with Gasteiger partial charge in [-0.15, -0.1) is 0 Å². The maximum absolute atomic E-state index is 12.6. The average Bonchev–Trinajstić information content (AvgIpc) is 3.08. The SMILES string of the molecule is C=C(C)C(CC)CC(CC(CC(CC(CC)C(=C)O)C(=C)C)C(O)C(O)C(CC(CC(CC)C(=O)O)C(=O)O)CC(CC(CC)C(=O)O)C(=O)O)C(=C)C. The van der Waals surface area contributed by atoms with Crippen LogP contribution in [0.3, 0.4) is 0 Å². The molecule has 0 fully saturated rings. The van der Waals surface area contributed by atoms with Crippen molar-refractivity contribution in [2.45, 2.75) is 138 Å². The summed E-state index contributed by atoms with van der Waals surface area (Å²) in [5.74, 6) is -11.7. The zero-order valence-electron chi connectivity index (χ0n) is 34.0. The standard InChI is InChI=1S/C43H72O11/c1-12-28(24(5)6)16-32(25(7)8)20-34(21-33(26(9)10)17-29(13-2)27(11)44)38(45)39(46)35(22-36(42(51)52)18-30(14-3)40(47)48)23-37(43(53)54)19-31(15-4)41(49)50/h28-39,44-46H,5,7,9,11-23H2,1-4,6,8,10H3,(H,47,48)(H,49,50)(H,51,52)(H,53,54). The fourth-order valence-corrected chi connectivity index (χ4v) is 7.88. The summed E-state index contributed by atoms with van der Waals surface area (Å²) < 4.78 is 0. The molecule has 7 N–H and O–H groups in total. The van der Waals surface area contributed by atoms with Crippen LogP contribution in [-0.2, 0) is 19.2 Å². The summed E-state index contributed by atoms with van der Waals surface area (Å²) in [6.45, 7) is 29.3. The van der Waals surface area contributed by atoms with Crippen LogP contribution in [-0.4, -0.2) is 71.8 Å². The number of allylic oxidation sites excluding steroid dienone is 4. The lowest BCUT2D eigenvalue weighted by molar-refractivity contribution is -0.147. The van der Waals surface area contributed by atoms with Gasteiger partial charge in [-0.05, 0) is 127 Å². The van der Waals surface area contributed by atoms with Gasteiger partial charge in [0.15, 0.2) is 0 Å². The summed E-state index contributed by atoms with van der Waals surface area (Å²) in [6, 6.07) is 0. The summed E-state index contributed by atoms with van der Waals surface area (Å²) in [4.78, 5) is 49.1. The van der Waals surface area contributed by atoms with Crippen molar-refractivity contribution in [3.05, 3.63) is 48.8 Å². The van der Waals surface area contributed by atoms with Gasteiger partial charge in [0.1, 0.15) is 0 Å². The number of rotatable bonds is 31. The predicted octanol–water partition coefficient (Wildman–Crippen LogP) is 8.77. The van der Waals surface area contributed by atoms with Gasteiger partial charge >= 0.3 is 23.9 Å². The molecule has 0 spiro atoms. The summed E-state index contributed by atoms with van der Waals surface area (Å²) in [6.07, 6.45) is -0.725. The molecule has 0 aromatic rings. The molecule has 310 valence electrons. The molecule has 0 rings (SSSR count). The monoisotopic (exact) mass is 765 g/mol. The predicted molar refractivity (Wildman–Crippen MR) is 212 cm³/mol. The van der Waals surface area contributed by atoms with Gasteiger partial charge in [-0.3, -0.25) is 19.2 Å². The molecule has 11 heteroatoms. The van der Waals surface area contributed by atoms with Crippen molar-refractivity contribution in [2.75, 3.05) is 0 Å². The van der Waals surface area contributed by atoms with Gasteiger partial charge < -0.3 is 35.7 Å². The summed E-state index contributed by atoms with van der Waals surface area (Å²) >= 11 is 0. The highest BCUT2D eigenvalue weighted by Gasteiger charge is 2.41. The first-order valence-corrected chi connectivity index (χ1v) is 19.7. The molecule has 0 radical (unpaired) electrons. The molecular weight excluding hydrogens is 692 g/mol. The highest BCUT2D eigenvalue weighted by Crippen LogP contribution is 2.40. The van der Waals surface area contributed by atoms with Crippen LogP contribution >= 0.6 is 0 Å². The van der Waals surface area contributed by atoms with E-state index >= 15 is 0 Å². The first kappa shape index (κ1) is 50.6. The van der Waals surface area contributed by atoms with E-state index < -0.39 is 71.6 Å². The van der Waals surface area contributed by atoms with Gasteiger partial charge in [-0.2, -0.15) is 0 Å². The molecule has 11 unspecified atom stereocenters. The number of carboxylic acids is 4. The molecule has 0 aliphatic rings. The second-order valence-electron chi connectivity index (χ2n) is 16.0. The third-order valence-corrected chi connectivity index (χ3v) is 11.9. The maximum Gasteiger partial charge on any atom is 0.306 e. The zero-order valence-corrected chi connectivity index (χ0v) is 34.0. The topological polar surface area (TPSA) is 210 Å². The number of carbonyl (C=O) groups is 4. The van der Waals surface area contributed by atoms with Gasteiger partial charge in [-0.25, -0.2) is 0 Å². The molecule has 0 saturated carbocycles. The van der Waals surface area contributed by atoms with Crippen molar-refractivity contribution in [1.29, 1.82) is 0 Å². The Bertz CT molecular complexity index is 1090. The van der Waals surface area contributed by atoms with Crippen molar-refractivity contribution < 1.29 is 54.9 Å². The third kappa shape index (κ3) is 16.9. The minimum atomic E-state index is -1.65. The molecule has 0 bridgehead atoms. The van der Waals surface area contributed by atoms with Crippen LogP contribution in [0.5, 0.6) is 0 Å². The van der Waals surface area contributed by atoms with Crippen LogP contribution in [0.1, 0.15) is 126 Å². The Labute approximate surface area is 324 Å². The van der Waals surface area contributed by atoms with Crippen LogP contribution < -0.4 is 0 Å². The van der Waals surface area contributed by atoms with Crippen molar-refractivity contribution >= 4 is 23.9 Å². The molecule has 0 heterocycles. The Hall–Kier alpha value is -3.44. The van der Waals surface area contributed by atoms with Crippen LogP contribution in [0.2, 0.25) is 0 Å². The van der Waals surface area contributed by atoms with Crippen molar-refractivity contribution in [1.82, 2.24) is 0 Å². The van der Waals surface area contributed by atoms with Gasteiger partial charge in [0.05, 0.1) is 41.6 Å². The zero-order chi connectivity index (χ0) is 42.0. The number of aliphatic hydroxyl groups excluding tert-OH is 3. The number of aliphatic carboxylic acids is 4. The molecule has 0 aromatic heterocycles. The van der Waals surface area contributed by atoms with Gasteiger partial charge in [-0.1, -0.05) is 70.7 Å². The largest absolute Gasteiger partial charge is 0.513 e. The molecular formula is C43H72O11. The lowest BCUT2D eigenvalue weighted by atomic mass is 9.70. The normalized spacial score (nSPS) is 18.3. The van der Waals surface area contributed by atoms with Gasteiger partial charge in [0.2, 0.25) is 0 Å². The van der Waals surface area contributed by atoms with Crippen LogP contribution in [0.4, 0.5) is 0 Å². The molecule has 0 aliphatic carbocycles. The number of hydrogen-bond acceptors (Lipinski definition) is 7. The highest BCUT2D eigenvalue weighted by atomic mass is 16.4. The van der Waals surface area contributed by atoms with E-state index in [4.69, 9.17) is 0 Å². The molecule has 11 atom stereocenters. The molecule has 0 amide bonds. The Morgan fingerprint density at radius 1 is 0.389 bits per heavy atom. The highest BCUT2D eigenvalue weighted by molar-refractivity contribution is 5.74. The van der Waals surface area contributed by atoms with E-state index in [1.807, 2.05) is 27.7 Å². The fourth-order valence-electron chi connectivity index (χ4n) is 7.88. The molecule has 54 heavy (non-hydrogen) atoms. The second-order valence-corrected chi connectivity index (χ2v) is 16.0. The Morgan fingerprint density at radius 2 is 0.630 bits per heavy atom. The molecule has 0 aliphatic heterocycles. The second kappa shape index (κ2) is 24.9. The van der Waals surface area contributed by atoms with E-state index in [1.54, 1.807) is 13.8 Å². The minimum Gasteiger partial charge on any atom is -0.513 e. The summed E-state index contributed by atoms with van der Waals surface area (Å²) in [5, 5.41) is 74.7. The van der Waals surface area contributed by atoms with E-state index in [9.17, 15) is 54.9 Å². The molecule has 11 nitrogen and oxygen atoms in total. The van der Waals surface area contributed by atoms with Crippen molar-refractivity contribution in [3.8, 4) is 0 Å². The molecule has 0 aromatic carbocycles. The number of aliphatic hydroxyl groups is 3. The Kier molecular flexibility index (Phi) is 23.3. The van der Waals surface area contributed by atoms with Crippen LogP contribution in [0.25, 0.3) is 0 Å². The third-order valence-electron chi connectivity index (χ3n) is 11.9. The van der Waals surface area contributed by atoms with E-state index in [-0.39, 0.29) is 68.0 Å². The lowest BCUT2D eigenvalue weighted by Gasteiger charge is -2.38. The number of carboxylic acid groups (broad SMARTS) is 4. The van der Waals surface area contributed by atoms with E-state index in [2.05, 4.69) is 33.2 Å². The average molecular weight is 765 g/mol. The quantitative estimate of drug-likeness (QED) is 0.0262. The lowest BCUT2D eigenvalue weighted by Crippen LogP contribution is -2.43.